The minimum atomic E-state index is 0.183. The fourth-order valence-electron chi connectivity index (χ4n) is 1.58. The number of nitrogens with zero attached hydrogens (tertiary/aromatic N) is 3. The summed E-state index contributed by atoms with van der Waals surface area (Å²) < 4.78 is 5.37. The summed E-state index contributed by atoms with van der Waals surface area (Å²) in [6.07, 6.45) is 3.65. The molecule has 82 valence electrons. The molecule has 0 spiro atoms. The zero-order chi connectivity index (χ0) is 10.7. The highest BCUT2D eigenvalue weighted by Gasteiger charge is 2.23. The van der Waals surface area contributed by atoms with Crippen molar-refractivity contribution in [2.75, 3.05) is 30.5 Å². The smallest absolute Gasteiger partial charge is 0.225 e. The van der Waals surface area contributed by atoms with Crippen LogP contribution in [0.25, 0.3) is 0 Å². The number of morpholine rings is 1. The van der Waals surface area contributed by atoms with Gasteiger partial charge in [0, 0.05) is 24.8 Å². The number of hydrogen-bond donors (Lipinski definition) is 0. The third-order valence-electron chi connectivity index (χ3n) is 2.43. The quantitative estimate of drug-likeness (QED) is 0.713. The summed E-state index contributed by atoms with van der Waals surface area (Å²) in [7, 11) is 0. The Morgan fingerprint density at radius 3 is 2.93 bits per heavy atom. The Morgan fingerprint density at radius 2 is 2.27 bits per heavy atom. The van der Waals surface area contributed by atoms with Gasteiger partial charge in [-0.05, 0) is 12.5 Å². The predicted molar refractivity (Wildman–Crippen MR) is 59.4 cm³/mol. The highest BCUT2D eigenvalue weighted by atomic mass is 35.5. The maximum Gasteiger partial charge on any atom is 0.225 e. The van der Waals surface area contributed by atoms with Gasteiger partial charge in [0.25, 0.3) is 0 Å². The molecule has 1 atom stereocenters. The standard InChI is InChI=1S/C10H14ClN3O/c1-8-5-12-10(13-6-8)14-2-3-15-7-9(14)4-11/h5-6,9H,2-4,7H2,1H3. The Balaban J connectivity index is 2.16. The first kappa shape index (κ1) is 10.6. The molecule has 1 aliphatic heterocycles. The first-order chi connectivity index (χ1) is 7.31. The number of hydrogen-bond acceptors (Lipinski definition) is 4. The van der Waals surface area contributed by atoms with Crippen LogP contribution in [-0.2, 0) is 4.74 Å². The van der Waals surface area contributed by atoms with Gasteiger partial charge in [0.2, 0.25) is 5.95 Å². The molecule has 1 fully saturated rings. The number of aryl methyl sites for hydroxylation is 1. The van der Waals surface area contributed by atoms with Gasteiger partial charge in [-0.3, -0.25) is 0 Å². The molecule has 1 saturated heterocycles. The molecule has 1 aromatic heterocycles. The summed E-state index contributed by atoms with van der Waals surface area (Å²) in [6.45, 7) is 4.15. The molecular formula is C10H14ClN3O. The molecular weight excluding hydrogens is 214 g/mol. The molecule has 0 radical (unpaired) electrons. The second-order valence-electron chi connectivity index (χ2n) is 3.64. The van der Waals surface area contributed by atoms with Gasteiger partial charge in [-0.1, -0.05) is 0 Å². The minimum absolute atomic E-state index is 0.183. The summed E-state index contributed by atoms with van der Waals surface area (Å²) in [5.41, 5.74) is 1.06. The van der Waals surface area contributed by atoms with Gasteiger partial charge in [0.15, 0.2) is 0 Å². The van der Waals surface area contributed by atoms with E-state index in [1.54, 1.807) is 0 Å². The highest BCUT2D eigenvalue weighted by molar-refractivity contribution is 6.18. The Morgan fingerprint density at radius 1 is 1.53 bits per heavy atom. The van der Waals surface area contributed by atoms with E-state index in [1.165, 1.54) is 0 Å². The van der Waals surface area contributed by atoms with Gasteiger partial charge in [0.05, 0.1) is 19.3 Å². The van der Waals surface area contributed by atoms with Crippen LogP contribution >= 0.6 is 11.6 Å². The molecule has 0 amide bonds. The van der Waals surface area contributed by atoms with Crippen LogP contribution in [0.3, 0.4) is 0 Å². The van der Waals surface area contributed by atoms with E-state index >= 15 is 0 Å². The molecule has 0 saturated carbocycles. The number of ether oxygens (including phenoxy) is 1. The Bertz CT molecular complexity index is 317. The van der Waals surface area contributed by atoms with Crippen LogP contribution in [0.5, 0.6) is 0 Å². The molecule has 0 aliphatic carbocycles. The van der Waals surface area contributed by atoms with Crippen molar-refractivity contribution in [3.05, 3.63) is 18.0 Å². The molecule has 1 aliphatic rings. The van der Waals surface area contributed by atoms with Crippen LogP contribution in [0.2, 0.25) is 0 Å². The largest absolute Gasteiger partial charge is 0.377 e. The number of anilines is 1. The average Bonchev–Trinajstić information content (AvgIpc) is 2.30. The van der Waals surface area contributed by atoms with E-state index in [0.717, 1.165) is 18.1 Å². The van der Waals surface area contributed by atoms with E-state index in [4.69, 9.17) is 16.3 Å². The van der Waals surface area contributed by atoms with Crippen LogP contribution in [0.1, 0.15) is 5.56 Å². The number of rotatable bonds is 2. The van der Waals surface area contributed by atoms with Crippen molar-refractivity contribution < 1.29 is 4.74 Å². The van der Waals surface area contributed by atoms with Crippen LogP contribution < -0.4 is 4.90 Å². The van der Waals surface area contributed by atoms with Crippen molar-refractivity contribution in [2.45, 2.75) is 13.0 Å². The number of halogens is 1. The van der Waals surface area contributed by atoms with Gasteiger partial charge in [-0.2, -0.15) is 0 Å². The maximum atomic E-state index is 5.88. The Kier molecular flexibility index (Phi) is 3.38. The summed E-state index contributed by atoms with van der Waals surface area (Å²) in [6, 6.07) is 0.183. The Labute approximate surface area is 94.2 Å². The van der Waals surface area contributed by atoms with Crippen molar-refractivity contribution in [1.29, 1.82) is 0 Å². The lowest BCUT2D eigenvalue weighted by Crippen LogP contribution is -2.47. The van der Waals surface area contributed by atoms with Gasteiger partial charge >= 0.3 is 0 Å². The van der Waals surface area contributed by atoms with Crippen molar-refractivity contribution >= 4 is 17.5 Å². The lowest BCUT2D eigenvalue weighted by molar-refractivity contribution is 0.0989. The monoisotopic (exact) mass is 227 g/mol. The average molecular weight is 228 g/mol. The summed E-state index contributed by atoms with van der Waals surface area (Å²) >= 11 is 5.88. The first-order valence-electron chi connectivity index (χ1n) is 5.00. The summed E-state index contributed by atoms with van der Waals surface area (Å²) in [4.78, 5) is 10.7. The topological polar surface area (TPSA) is 38.2 Å². The van der Waals surface area contributed by atoms with E-state index in [-0.39, 0.29) is 6.04 Å². The second kappa shape index (κ2) is 4.77. The molecule has 4 nitrogen and oxygen atoms in total. The molecule has 0 bridgehead atoms. The fourth-order valence-corrected chi connectivity index (χ4v) is 1.84. The molecule has 0 aromatic carbocycles. The first-order valence-corrected chi connectivity index (χ1v) is 5.53. The zero-order valence-electron chi connectivity index (χ0n) is 8.69. The zero-order valence-corrected chi connectivity index (χ0v) is 9.44. The molecule has 2 rings (SSSR count). The molecule has 2 heterocycles. The fraction of sp³-hybridized carbons (Fsp3) is 0.600. The molecule has 1 unspecified atom stereocenters. The van der Waals surface area contributed by atoms with E-state index in [9.17, 15) is 0 Å². The second-order valence-corrected chi connectivity index (χ2v) is 3.95. The minimum Gasteiger partial charge on any atom is -0.377 e. The third-order valence-corrected chi connectivity index (χ3v) is 2.79. The van der Waals surface area contributed by atoms with E-state index in [1.807, 2.05) is 19.3 Å². The van der Waals surface area contributed by atoms with Crippen molar-refractivity contribution in [3.8, 4) is 0 Å². The SMILES string of the molecule is Cc1cnc(N2CCOCC2CCl)nc1. The molecule has 15 heavy (non-hydrogen) atoms. The number of alkyl halides is 1. The van der Waals surface area contributed by atoms with Gasteiger partial charge < -0.3 is 9.64 Å². The maximum absolute atomic E-state index is 5.88. The van der Waals surface area contributed by atoms with Crippen molar-refractivity contribution in [3.63, 3.8) is 0 Å². The Hall–Kier alpha value is -0.870. The van der Waals surface area contributed by atoms with Gasteiger partial charge in [-0.25, -0.2) is 9.97 Å². The normalized spacial score (nSPS) is 21.7. The van der Waals surface area contributed by atoms with E-state index in [0.29, 0.717) is 19.1 Å². The van der Waals surface area contributed by atoms with Gasteiger partial charge in [-0.15, -0.1) is 11.6 Å². The molecule has 1 aromatic rings. The third kappa shape index (κ3) is 2.38. The highest BCUT2D eigenvalue weighted by Crippen LogP contribution is 2.15. The van der Waals surface area contributed by atoms with E-state index < -0.39 is 0 Å². The van der Waals surface area contributed by atoms with Crippen LogP contribution in [0.15, 0.2) is 12.4 Å². The summed E-state index contributed by atoms with van der Waals surface area (Å²) in [5.74, 6) is 1.28. The lowest BCUT2D eigenvalue weighted by Gasteiger charge is -2.34. The molecule has 5 heteroatoms. The lowest BCUT2D eigenvalue weighted by atomic mass is 10.2. The van der Waals surface area contributed by atoms with Crippen molar-refractivity contribution in [1.82, 2.24) is 9.97 Å². The summed E-state index contributed by atoms with van der Waals surface area (Å²) in [5, 5.41) is 0. The van der Waals surface area contributed by atoms with Crippen LogP contribution in [-0.4, -0.2) is 41.6 Å². The van der Waals surface area contributed by atoms with E-state index in [2.05, 4.69) is 14.9 Å². The molecule has 0 N–H and O–H groups in total. The van der Waals surface area contributed by atoms with Crippen LogP contribution in [0, 0.1) is 6.92 Å². The van der Waals surface area contributed by atoms with Gasteiger partial charge in [0.1, 0.15) is 0 Å². The predicted octanol–water partition coefficient (Wildman–Crippen LogP) is 1.23. The van der Waals surface area contributed by atoms with Crippen molar-refractivity contribution in [2.24, 2.45) is 0 Å². The number of aromatic nitrogens is 2. The van der Waals surface area contributed by atoms with Crippen LogP contribution in [0.4, 0.5) is 5.95 Å².